The lowest BCUT2D eigenvalue weighted by molar-refractivity contribution is 0.661. The van der Waals surface area contributed by atoms with Crippen molar-refractivity contribution in [2.75, 3.05) is 0 Å². The third-order valence-corrected chi connectivity index (χ3v) is 27.0. The molecule has 0 spiro atoms. The van der Waals surface area contributed by atoms with Gasteiger partial charge in [0.25, 0.3) is 0 Å². The van der Waals surface area contributed by atoms with Crippen molar-refractivity contribution in [2.24, 2.45) is 0 Å². The Labute approximate surface area is 765 Å². The van der Waals surface area contributed by atoms with Crippen molar-refractivity contribution >= 4 is 65.4 Å². The number of nitrogens with zero attached hydrogens (tertiary/aromatic N) is 7. The van der Waals surface area contributed by atoms with Gasteiger partial charge in [0, 0.05) is 99.1 Å². The summed E-state index contributed by atoms with van der Waals surface area (Å²) >= 11 is 0. The second-order valence-electron chi connectivity index (χ2n) is 35.1. The summed E-state index contributed by atoms with van der Waals surface area (Å²) in [7, 11) is 0. The summed E-state index contributed by atoms with van der Waals surface area (Å²) in [5.74, 6) is 0. The molecule has 0 saturated carbocycles. The molecule has 7 aromatic heterocycles. The fourth-order valence-corrected chi connectivity index (χ4v) is 20.7. The van der Waals surface area contributed by atoms with E-state index in [-0.39, 0.29) is 5.41 Å². The molecule has 0 radical (unpaired) electrons. The van der Waals surface area contributed by atoms with Crippen molar-refractivity contribution in [3.05, 3.63) is 478 Å². The van der Waals surface area contributed by atoms with Crippen LogP contribution in [-0.4, -0.2) is 33.6 Å². The predicted octanol–water partition coefficient (Wildman–Crippen LogP) is 32.5. The Bertz CT molecular complexity index is 8560. The summed E-state index contributed by atoms with van der Waals surface area (Å²) in [4.78, 5) is 22.5. The molecule has 24 aromatic rings. The predicted molar refractivity (Wildman–Crippen MR) is 549 cm³/mol. The number of benzene rings is 17. The minimum Gasteiger partial charge on any atom is -0.309 e. The first-order chi connectivity index (χ1) is 65.2. The number of hydrogen-bond acceptors (Lipinski definition) is 4. The van der Waals surface area contributed by atoms with Gasteiger partial charge in [0.05, 0.1) is 90.0 Å². The first kappa shape index (κ1) is 77.1. The Morgan fingerprint density at radius 3 is 1.05 bits per heavy atom. The van der Waals surface area contributed by atoms with Crippen LogP contribution in [-0.2, 0) is 5.41 Å². The normalized spacial score (nSPS) is 12.2. The van der Waals surface area contributed by atoms with E-state index < -0.39 is 0 Å². The van der Waals surface area contributed by atoms with E-state index in [2.05, 4.69) is 495 Å². The zero-order valence-corrected chi connectivity index (χ0v) is 72.6. The van der Waals surface area contributed by atoms with E-state index in [0.717, 1.165) is 190 Å². The number of hydrogen-bond donors (Lipinski definition) is 0. The minimum absolute atomic E-state index is 0.227. The smallest absolute Gasteiger partial charge is 0.0737 e. The molecular formula is C125H83N7. The van der Waals surface area contributed by atoms with E-state index in [4.69, 9.17) is 19.9 Å². The van der Waals surface area contributed by atoms with Crippen LogP contribution in [0.4, 0.5) is 0 Å². The van der Waals surface area contributed by atoms with Gasteiger partial charge in [-0.05, 0) is 182 Å². The Kier molecular flexibility index (Phi) is 18.5. The molecule has 0 unspecified atom stereocenters. The zero-order chi connectivity index (χ0) is 87.5. The van der Waals surface area contributed by atoms with Crippen molar-refractivity contribution in [3.63, 3.8) is 0 Å². The quantitative estimate of drug-likeness (QED) is 0.0967. The molecule has 0 saturated heterocycles. The molecule has 25 rings (SSSR count). The van der Waals surface area contributed by atoms with Crippen molar-refractivity contribution in [1.82, 2.24) is 33.6 Å². The van der Waals surface area contributed by atoms with Gasteiger partial charge in [-0.3, -0.25) is 0 Å². The molecule has 7 nitrogen and oxygen atoms in total. The molecule has 1 aliphatic rings. The van der Waals surface area contributed by atoms with Gasteiger partial charge in [-0.25, -0.2) is 19.9 Å². The van der Waals surface area contributed by atoms with Crippen LogP contribution in [0, 0.1) is 0 Å². The number of aromatic nitrogens is 7. The Hall–Kier alpha value is -17.3. The lowest BCUT2D eigenvalue weighted by Crippen LogP contribution is -2.14. The standard InChI is InChI=1S/C125H83N7/c1-125(2)105-53-28-24-51-101(105)121-106(125)65-63-99-97-49-25-29-54-115(97)131(123(99)121)118-66-61-89(93-73-107(82-35-12-4-13-36-82)126-108(74-93)83-37-14-5-15-38-83)70-103(118)95-78-111(86-43-20-8-21-44-86)127-112(79-95)87-59-57-81(58-60-87)88-45-32-46-91(69-88)113-76-94(75-109(128-113)84-39-16-6-17-40-84)90-62-67-119(104(71-90)114-77-92(80-33-10-3-11-34-80)72-110(129-114)85-41-18-7-19-42-85)132-116-55-30-26-50-98(116)100-64-68-120-122(124(100)132)102-52-27-31-56-117(102)130(120)96-47-22-9-23-48-96/h3-79H,1-2H3. The molecule has 17 aromatic carbocycles. The second kappa shape index (κ2) is 31.6. The molecule has 0 amide bonds. The van der Waals surface area contributed by atoms with Gasteiger partial charge >= 0.3 is 0 Å². The van der Waals surface area contributed by atoms with Crippen LogP contribution in [0.15, 0.2) is 467 Å². The SMILES string of the molecule is CC1(C)c2ccccc2-c2c1ccc1c3ccccc3n(-c3ccc(-c4cc(-c5ccccc5)nc(-c5ccccc5)c4)cc3-c3cc(-c4ccccc4)nc(-c4ccc(-c5cccc(-c6cc(-c7ccc(-n8c9ccccc9c9ccc%10c(c%11ccccc%11n%10-c%10ccccc%10)c98)c(-c8cc(-c9ccccc9)cc(-c9ccccc9)n8)c7)cc(-c7ccccc7)n6)c5)cc4)c3)c21. The summed E-state index contributed by atoms with van der Waals surface area (Å²) < 4.78 is 7.50. The van der Waals surface area contributed by atoms with Crippen LogP contribution in [0.3, 0.4) is 0 Å². The average molecular weight is 1680 g/mol. The average Bonchev–Trinajstić information content (AvgIpc) is 1.50. The lowest BCUT2D eigenvalue weighted by Gasteiger charge is -2.22. The fourth-order valence-electron chi connectivity index (χ4n) is 20.7. The van der Waals surface area contributed by atoms with Gasteiger partial charge in [-0.15, -0.1) is 0 Å². The summed E-state index contributed by atoms with van der Waals surface area (Å²) in [6.45, 7) is 4.76. The number of fused-ring (bicyclic) bond motifs is 14. The molecule has 0 bridgehead atoms. The second-order valence-corrected chi connectivity index (χ2v) is 35.1. The molecule has 7 heteroatoms. The largest absolute Gasteiger partial charge is 0.309 e. The first-order valence-electron chi connectivity index (χ1n) is 45.3. The monoisotopic (exact) mass is 1680 g/mol. The van der Waals surface area contributed by atoms with E-state index >= 15 is 0 Å². The van der Waals surface area contributed by atoms with Crippen LogP contribution < -0.4 is 0 Å². The third kappa shape index (κ3) is 13.2. The van der Waals surface area contributed by atoms with E-state index in [1.807, 2.05) is 0 Å². The highest BCUT2D eigenvalue weighted by atomic mass is 15.0. The molecule has 1 aliphatic carbocycles. The van der Waals surface area contributed by atoms with Crippen LogP contribution in [0.1, 0.15) is 25.0 Å². The Balaban J connectivity index is 0.648. The van der Waals surface area contributed by atoms with Crippen LogP contribution in [0.5, 0.6) is 0 Å². The summed E-state index contributed by atoms with van der Waals surface area (Å²) in [6.07, 6.45) is 0. The Morgan fingerprint density at radius 2 is 0.523 bits per heavy atom. The van der Waals surface area contributed by atoms with Gasteiger partial charge in [-0.2, -0.15) is 0 Å². The molecule has 0 atom stereocenters. The van der Waals surface area contributed by atoms with Crippen molar-refractivity contribution < 1.29 is 0 Å². The van der Waals surface area contributed by atoms with E-state index in [1.165, 1.54) is 60.1 Å². The third-order valence-electron chi connectivity index (χ3n) is 27.0. The maximum atomic E-state index is 5.79. The summed E-state index contributed by atoms with van der Waals surface area (Å²) in [6, 6.07) is 170. The van der Waals surface area contributed by atoms with E-state index in [1.54, 1.807) is 0 Å². The van der Waals surface area contributed by atoms with Gasteiger partial charge in [0.2, 0.25) is 0 Å². The van der Waals surface area contributed by atoms with Crippen LogP contribution in [0.25, 0.3) is 239 Å². The molecule has 0 aliphatic heterocycles. The first-order valence-corrected chi connectivity index (χ1v) is 45.3. The zero-order valence-electron chi connectivity index (χ0n) is 72.6. The van der Waals surface area contributed by atoms with Gasteiger partial charge in [0.15, 0.2) is 0 Å². The van der Waals surface area contributed by atoms with Crippen LogP contribution in [0.2, 0.25) is 0 Å². The molecule has 7 heterocycles. The summed E-state index contributed by atoms with van der Waals surface area (Å²) in [5.41, 5.74) is 40.6. The number of pyridine rings is 4. The van der Waals surface area contributed by atoms with Gasteiger partial charge < -0.3 is 13.7 Å². The number of para-hydroxylation sites is 4. The highest BCUT2D eigenvalue weighted by Gasteiger charge is 2.38. The number of rotatable bonds is 16. The molecular weight excluding hydrogens is 1600 g/mol. The molecule has 0 N–H and O–H groups in total. The topological polar surface area (TPSA) is 66.3 Å². The van der Waals surface area contributed by atoms with Crippen LogP contribution >= 0.6 is 0 Å². The summed E-state index contributed by atoms with van der Waals surface area (Å²) in [5, 5.41) is 7.11. The highest BCUT2D eigenvalue weighted by molar-refractivity contribution is 6.26. The maximum Gasteiger partial charge on any atom is 0.0737 e. The fraction of sp³-hybridized carbons (Fsp3) is 0.0240. The van der Waals surface area contributed by atoms with E-state index in [9.17, 15) is 0 Å². The van der Waals surface area contributed by atoms with Crippen molar-refractivity contribution in [3.8, 4) is 174 Å². The molecule has 0 fully saturated rings. The van der Waals surface area contributed by atoms with Gasteiger partial charge in [0.1, 0.15) is 0 Å². The minimum atomic E-state index is -0.227. The molecule has 132 heavy (non-hydrogen) atoms. The highest BCUT2D eigenvalue weighted by Crippen LogP contribution is 2.55. The van der Waals surface area contributed by atoms with Gasteiger partial charge in [-0.1, -0.05) is 366 Å². The van der Waals surface area contributed by atoms with Crippen molar-refractivity contribution in [1.29, 1.82) is 0 Å². The molecule has 618 valence electrons. The van der Waals surface area contributed by atoms with Crippen molar-refractivity contribution in [2.45, 2.75) is 19.3 Å². The Morgan fingerprint density at radius 1 is 0.182 bits per heavy atom. The lowest BCUT2D eigenvalue weighted by atomic mass is 9.82. The maximum absolute atomic E-state index is 5.79. The van der Waals surface area contributed by atoms with E-state index in [0.29, 0.717) is 0 Å².